The van der Waals surface area contributed by atoms with Crippen LogP contribution < -0.4 is 16.0 Å². The standard InChI is InChI=1S/C15H24N4O2/c1-16-14(20)13-7-4-6-12(10-13)11-19-15(17-2)18-8-5-9-21-3/h4,6-7,10H,5,8-9,11H2,1-3H3,(H,16,20)(H2,17,18,19). The Hall–Kier alpha value is -2.08. The van der Waals surface area contributed by atoms with Gasteiger partial charge in [-0.25, -0.2) is 0 Å². The Morgan fingerprint density at radius 3 is 2.81 bits per heavy atom. The molecule has 0 aromatic heterocycles. The fraction of sp³-hybridized carbons (Fsp3) is 0.467. The number of rotatable bonds is 7. The van der Waals surface area contributed by atoms with Crippen LogP contribution in [0.2, 0.25) is 0 Å². The highest BCUT2D eigenvalue weighted by Gasteiger charge is 2.04. The molecule has 0 atom stereocenters. The van der Waals surface area contributed by atoms with Gasteiger partial charge < -0.3 is 20.7 Å². The topological polar surface area (TPSA) is 74.8 Å². The summed E-state index contributed by atoms with van der Waals surface area (Å²) in [5, 5.41) is 9.03. The average molecular weight is 292 g/mol. The second-order valence-electron chi connectivity index (χ2n) is 4.48. The number of aliphatic imine (C=N–C) groups is 1. The maximum atomic E-state index is 11.6. The molecule has 3 N–H and O–H groups in total. The average Bonchev–Trinajstić information content (AvgIpc) is 2.53. The number of carbonyl (C=O) groups is 1. The SMILES string of the molecule is CN=C(NCCCOC)NCc1cccc(C(=O)NC)c1. The third-order valence-electron chi connectivity index (χ3n) is 2.92. The van der Waals surface area contributed by atoms with Crippen LogP contribution in [0.1, 0.15) is 22.3 Å². The van der Waals surface area contributed by atoms with Crippen LogP contribution in [-0.2, 0) is 11.3 Å². The van der Waals surface area contributed by atoms with Gasteiger partial charge >= 0.3 is 0 Å². The Kier molecular flexibility index (Phi) is 7.89. The molecule has 0 radical (unpaired) electrons. The van der Waals surface area contributed by atoms with Crippen molar-refractivity contribution in [3.05, 3.63) is 35.4 Å². The van der Waals surface area contributed by atoms with Gasteiger partial charge in [0.15, 0.2) is 5.96 Å². The predicted molar refractivity (Wildman–Crippen MR) is 84.5 cm³/mol. The summed E-state index contributed by atoms with van der Waals surface area (Å²) in [6.07, 6.45) is 0.920. The summed E-state index contributed by atoms with van der Waals surface area (Å²) in [6.45, 7) is 2.12. The van der Waals surface area contributed by atoms with Gasteiger partial charge in [0, 0.05) is 46.5 Å². The predicted octanol–water partition coefficient (Wildman–Crippen LogP) is 0.748. The molecule has 0 unspecified atom stereocenters. The second kappa shape index (κ2) is 9.77. The van der Waals surface area contributed by atoms with E-state index in [-0.39, 0.29) is 5.91 Å². The van der Waals surface area contributed by atoms with Crippen molar-refractivity contribution in [1.29, 1.82) is 0 Å². The monoisotopic (exact) mass is 292 g/mol. The van der Waals surface area contributed by atoms with E-state index in [4.69, 9.17) is 4.74 Å². The highest BCUT2D eigenvalue weighted by atomic mass is 16.5. The number of amides is 1. The zero-order valence-corrected chi connectivity index (χ0v) is 12.9. The molecular weight excluding hydrogens is 268 g/mol. The van der Waals surface area contributed by atoms with Crippen molar-refractivity contribution >= 4 is 11.9 Å². The normalized spacial score (nSPS) is 11.1. The van der Waals surface area contributed by atoms with Gasteiger partial charge in [-0.05, 0) is 24.1 Å². The molecule has 6 nitrogen and oxygen atoms in total. The Balaban J connectivity index is 2.47. The lowest BCUT2D eigenvalue weighted by Crippen LogP contribution is -2.37. The Morgan fingerprint density at radius 2 is 2.14 bits per heavy atom. The number of nitrogens with one attached hydrogen (secondary N) is 3. The van der Waals surface area contributed by atoms with Gasteiger partial charge in [0.05, 0.1) is 0 Å². The van der Waals surface area contributed by atoms with Crippen molar-refractivity contribution < 1.29 is 9.53 Å². The number of ether oxygens (including phenoxy) is 1. The summed E-state index contributed by atoms with van der Waals surface area (Å²) >= 11 is 0. The quantitative estimate of drug-likeness (QED) is 0.394. The van der Waals surface area contributed by atoms with Crippen molar-refractivity contribution in [3.63, 3.8) is 0 Å². The molecular formula is C15H24N4O2. The summed E-state index contributed by atoms with van der Waals surface area (Å²) in [7, 11) is 5.04. The van der Waals surface area contributed by atoms with E-state index in [1.54, 1.807) is 27.3 Å². The van der Waals surface area contributed by atoms with E-state index in [0.29, 0.717) is 12.1 Å². The minimum Gasteiger partial charge on any atom is -0.385 e. The molecule has 0 saturated heterocycles. The molecule has 21 heavy (non-hydrogen) atoms. The zero-order valence-electron chi connectivity index (χ0n) is 12.9. The summed E-state index contributed by atoms with van der Waals surface area (Å²) in [5.41, 5.74) is 1.68. The fourth-order valence-electron chi connectivity index (χ4n) is 1.80. The second-order valence-corrected chi connectivity index (χ2v) is 4.48. The number of benzene rings is 1. The summed E-state index contributed by atoms with van der Waals surface area (Å²) in [4.78, 5) is 15.7. The highest BCUT2D eigenvalue weighted by Crippen LogP contribution is 2.04. The Morgan fingerprint density at radius 1 is 1.33 bits per heavy atom. The molecule has 0 aliphatic rings. The van der Waals surface area contributed by atoms with Crippen molar-refractivity contribution in [2.75, 3.05) is 34.4 Å². The third kappa shape index (κ3) is 6.27. The van der Waals surface area contributed by atoms with E-state index in [2.05, 4.69) is 20.9 Å². The molecule has 0 heterocycles. The number of guanidine groups is 1. The van der Waals surface area contributed by atoms with Crippen LogP contribution in [0.3, 0.4) is 0 Å². The maximum absolute atomic E-state index is 11.6. The molecule has 0 saturated carbocycles. The van der Waals surface area contributed by atoms with E-state index in [0.717, 1.165) is 31.1 Å². The van der Waals surface area contributed by atoms with Crippen molar-refractivity contribution in [2.45, 2.75) is 13.0 Å². The van der Waals surface area contributed by atoms with Crippen LogP contribution in [0, 0.1) is 0 Å². The smallest absolute Gasteiger partial charge is 0.251 e. The molecule has 0 bridgehead atoms. The molecule has 0 aliphatic heterocycles. The molecule has 1 aromatic rings. The summed E-state index contributed by atoms with van der Waals surface area (Å²) in [5.74, 6) is 0.648. The number of methoxy groups -OCH3 is 1. The zero-order chi connectivity index (χ0) is 15.5. The van der Waals surface area contributed by atoms with E-state index >= 15 is 0 Å². The van der Waals surface area contributed by atoms with Gasteiger partial charge in [-0.1, -0.05) is 12.1 Å². The van der Waals surface area contributed by atoms with E-state index in [1.807, 2.05) is 18.2 Å². The molecule has 1 amide bonds. The third-order valence-corrected chi connectivity index (χ3v) is 2.92. The van der Waals surface area contributed by atoms with Gasteiger partial charge in [0.1, 0.15) is 0 Å². The number of hydrogen-bond acceptors (Lipinski definition) is 3. The van der Waals surface area contributed by atoms with Gasteiger partial charge in [-0.2, -0.15) is 0 Å². The van der Waals surface area contributed by atoms with Gasteiger partial charge in [-0.15, -0.1) is 0 Å². The van der Waals surface area contributed by atoms with Crippen LogP contribution in [0.4, 0.5) is 0 Å². The molecule has 1 aromatic carbocycles. The molecule has 6 heteroatoms. The minimum absolute atomic E-state index is 0.0843. The van der Waals surface area contributed by atoms with E-state index in [1.165, 1.54) is 0 Å². The molecule has 116 valence electrons. The lowest BCUT2D eigenvalue weighted by atomic mass is 10.1. The largest absolute Gasteiger partial charge is 0.385 e. The Labute approximate surface area is 126 Å². The van der Waals surface area contributed by atoms with Gasteiger partial charge in [0.25, 0.3) is 5.91 Å². The first-order valence-electron chi connectivity index (χ1n) is 6.95. The van der Waals surface area contributed by atoms with Crippen LogP contribution in [0.25, 0.3) is 0 Å². The molecule has 0 spiro atoms. The first-order valence-corrected chi connectivity index (χ1v) is 6.95. The molecule has 0 fully saturated rings. The van der Waals surface area contributed by atoms with E-state index in [9.17, 15) is 4.79 Å². The summed E-state index contributed by atoms with van der Waals surface area (Å²) in [6, 6.07) is 7.50. The summed E-state index contributed by atoms with van der Waals surface area (Å²) < 4.78 is 4.99. The van der Waals surface area contributed by atoms with Crippen LogP contribution in [0.15, 0.2) is 29.3 Å². The lowest BCUT2D eigenvalue weighted by Gasteiger charge is -2.12. The minimum atomic E-state index is -0.0843. The fourth-order valence-corrected chi connectivity index (χ4v) is 1.80. The van der Waals surface area contributed by atoms with E-state index < -0.39 is 0 Å². The van der Waals surface area contributed by atoms with Gasteiger partial charge in [0.2, 0.25) is 0 Å². The molecule has 0 aliphatic carbocycles. The highest BCUT2D eigenvalue weighted by molar-refractivity contribution is 5.94. The molecule has 1 rings (SSSR count). The first kappa shape index (κ1) is 17.0. The first-order chi connectivity index (χ1) is 10.2. The maximum Gasteiger partial charge on any atom is 0.251 e. The Bertz CT molecular complexity index is 474. The number of carbonyl (C=O) groups excluding carboxylic acids is 1. The number of hydrogen-bond donors (Lipinski definition) is 3. The van der Waals surface area contributed by atoms with Crippen molar-refractivity contribution in [2.24, 2.45) is 4.99 Å². The lowest BCUT2D eigenvalue weighted by molar-refractivity contribution is 0.0963. The number of nitrogens with zero attached hydrogens (tertiary/aromatic N) is 1. The van der Waals surface area contributed by atoms with Crippen molar-refractivity contribution in [3.8, 4) is 0 Å². The van der Waals surface area contributed by atoms with Crippen LogP contribution in [0.5, 0.6) is 0 Å². The van der Waals surface area contributed by atoms with Crippen LogP contribution in [-0.4, -0.2) is 46.2 Å². The van der Waals surface area contributed by atoms with Crippen molar-refractivity contribution in [1.82, 2.24) is 16.0 Å². The van der Waals surface area contributed by atoms with Crippen LogP contribution >= 0.6 is 0 Å². The van der Waals surface area contributed by atoms with Gasteiger partial charge in [-0.3, -0.25) is 9.79 Å².